The van der Waals surface area contributed by atoms with Crippen molar-refractivity contribution < 1.29 is 34.0 Å². The molecule has 1 heterocycles. The summed E-state index contributed by atoms with van der Waals surface area (Å²) in [5.41, 5.74) is 1.71. The van der Waals surface area contributed by atoms with Gasteiger partial charge >= 0.3 is 5.97 Å². The number of nitrogens with zero attached hydrogens (tertiary/aromatic N) is 1. The maximum atomic E-state index is 11.4. The average molecular weight is 522 g/mol. The quantitative estimate of drug-likeness (QED) is 0.346. The Balaban J connectivity index is 1.75. The van der Waals surface area contributed by atoms with E-state index in [0.717, 1.165) is 33.9 Å². The summed E-state index contributed by atoms with van der Waals surface area (Å²) in [6.45, 7) is 1.19. The van der Waals surface area contributed by atoms with Gasteiger partial charge in [0.25, 0.3) is 0 Å². The largest absolute Gasteiger partial charge is 0.497 e. The maximum Gasteiger partial charge on any atom is 0.304 e. The zero-order chi connectivity index (χ0) is 27.1. The molecule has 1 aliphatic rings. The minimum absolute atomic E-state index is 0.0162. The lowest BCUT2D eigenvalue weighted by molar-refractivity contribution is -0.138. The normalized spacial score (nSPS) is 17.8. The third-order valence-corrected chi connectivity index (χ3v) is 7.10. The summed E-state index contributed by atoms with van der Waals surface area (Å²) < 4.78 is 23.1. The molecular weight excluding hydrogens is 486 g/mol. The van der Waals surface area contributed by atoms with Gasteiger partial charge < -0.3 is 29.2 Å². The molecule has 0 unspecified atom stereocenters. The van der Waals surface area contributed by atoms with Gasteiger partial charge in [-0.1, -0.05) is 36.4 Å². The first-order valence-corrected chi connectivity index (χ1v) is 12.6. The summed E-state index contributed by atoms with van der Waals surface area (Å²) in [7, 11) is 4.89. The fourth-order valence-corrected chi connectivity index (χ4v) is 5.19. The fourth-order valence-electron chi connectivity index (χ4n) is 5.19. The maximum absolute atomic E-state index is 11.4. The molecule has 1 saturated heterocycles. The van der Waals surface area contributed by atoms with Crippen LogP contribution in [-0.2, 0) is 15.1 Å². The molecule has 0 aliphatic carbocycles. The lowest BCUT2D eigenvalue weighted by Crippen LogP contribution is -2.39. The van der Waals surface area contributed by atoms with E-state index < -0.39 is 17.7 Å². The van der Waals surface area contributed by atoms with Gasteiger partial charge in [0.05, 0.1) is 40.5 Å². The standard InChI is InChI=1S/C30H35NO7/c1-35-26-10-4-21(5-11-26)30(22-6-12-27(36-2)13-7-22,23-8-14-28(37-3)15-9-23)38-17-16-31-20-25(32)18-24(31)19-29(33)34/h4-15,24-25,32H,16-20H2,1-3H3,(H,33,34)/t24-,25-/m1/s1. The topological polar surface area (TPSA) is 97.7 Å². The molecule has 3 aromatic carbocycles. The molecule has 2 atom stereocenters. The van der Waals surface area contributed by atoms with E-state index in [2.05, 4.69) is 0 Å². The molecule has 0 amide bonds. The molecule has 202 valence electrons. The Labute approximate surface area is 223 Å². The molecule has 0 spiro atoms. The summed E-state index contributed by atoms with van der Waals surface area (Å²) in [6.07, 6.45) is -0.126. The van der Waals surface area contributed by atoms with Crippen molar-refractivity contribution >= 4 is 5.97 Å². The number of carboxylic acid groups (broad SMARTS) is 1. The number of hydrogen-bond donors (Lipinski definition) is 2. The Morgan fingerprint density at radius 3 is 1.61 bits per heavy atom. The van der Waals surface area contributed by atoms with Crippen molar-refractivity contribution in [2.45, 2.75) is 30.6 Å². The third kappa shape index (κ3) is 5.93. The van der Waals surface area contributed by atoms with Crippen molar-refractivity contribution in [1.29, 1.82) is 0 Å². The average Bonchev–Trinajstić information content (AvgIpc) is 3.29. The summed E-state index contributed by atoms with van der Waals surface area (Å²) in [6, 6.07) is 23.1. The number of methoxy groups -OCH3 is 3. The SMILES string of the molecule is COc1ccc(C(OCCN2C[C@H](O)C[C@@H]2CC(=O)O)(c2ccc(OC)cc2)c2ccc(OC)cc2)cc1. The zero-order valence-electron chi connectivity index (χ0n) is 22.0. The number of hydrogen-bond acceptors (Lipinski definition) is 7. The van der Waals surface area contributed by atoms with Crippen LogP contribution in [0.1, 0.15) is 29.5 Å². The van der Waals surface area contributed by atoms with Gasteiger partial charge in [-0.15, -0.1) is 0 Å². The highest BCUT2D eigenvalue weighted by Gasteiger charge is 2.39. The Bertz CT molecular complexity index is 1060. The van der Waals surface area contributed by atoms with Crippen LogP contribution in [0.3, 0.4) is 0 Å². The van der Waals surface area contributed by atoms with E-state index in [0.29, 0.717) is 26.1 Å². The monoisotopic (exact) mass is 521 g/mol. The van der Waals surface area contributed by atoms with Crippen LogP contribution in [0, 0.1) is 0 Å². The van der Waals surface area contributed by atoms with Crippen LogP contribution in [0.25, 0.3) is 0 Å². The molecule has 0 bridgehead atoms. The minimum atomic E-state index is -0.995. The first kappa shape index (κ1) is 27.4. The van der Waals surface area contributed by atoms with E-state index in [1.54, 1.807) is 21.3 Å². The van der Waals surface area contributed by atoms with Gasteiger partial charge in [0.2, 0.25) is 0 Å². The number of aliphatic hydroxyl groups is 1. The van der Waals surface area contributed by atoms with Crippen LogP contribution in [0.15, 0.2) is 72.8 Å². The highest BCUT2D eigenvalue weighted by molar-refractivity contribution is 5.67. The van der Waals surface area contributed by atoms with E-state index in [1.807, 2.05) is 77.7 Å². The van der Waals surface area contributed by atoms with E-state index in [-0.39, 0.29) is 12.5 Å². The van der Waals surface area contributed by atoms with Gasteiger partial charge in [-0.2, -0.15) is 0 Å². The van der Waals surface area contributed by atoms with E-state index in [9.17, 15) is 15.0 Å². The second-order valence-electron chi connectivity index (χ2n) is 9.35. The minimum Gasteiger partial charge on any atom is -0.497 e. The van der Waals surface area contributed by atoms with Crippen LogP contribution in [0.5, 0.6) is 17.2 Å². The molecule has 4 rings (SSSR count). The number of ether oxygens (including phenoxy) is 4. The third-order valence-electron chi connectivity index (χ3n) is 7.10. The number of benzene rings is 3. The van der Waals surface area contributed by atoms with Crippen LogP contribution in [-0.4, -0.2) is 74.3 Å². The fraction of sp³-hybridized carbons (Fsp3) is 0.367. The van der Waals surface area contributed by atoms with E-state index in [1.165, 1.54) is 0 Å². The number of likely N-dealkylation sites (tertiary alicyclic amines) is 1. The van der Waals surface area contributed by atoms with Gasteiger partial charge in [-0.05, 0) is 59.5 Å². The number of rotatable bonds is 12. The molecule has 0 aromatic heterocycles. The molecule has 8 heteroatoms. The summed E-state index contributed by atoms with van der Waals surface area (Å²) >= 11 is 0. The van der Waals surface area contributed by atoms with Crippen LogP contribution >= 0.6 is 0 Å². The number of carboxylic acids is 1. The van der Waals surface area contributed by atoms with Crippen LogP contribution < -0.4 is 14.2 Å². The predicted molar refractivity (Wildman–Crippen MR) is 143 cm³/mol. The number of β-amino-alcohol motifs (C(OH)–C–C–N with tert-alkyl or cyclic N) is 1. The molecule has 3 aromatic rings. The van der Waals surface area contributed by atoms with Gasteiger partial charge in [0, 0.05) is 19.1 Å². The van der Waals surface area contributed by atoms with Gasteiger partial charge in [0.1, 0.15) is 22.8 Å². The first-order chi connectivity index (χ1) is 18.4. The number of carbonyl (C=O) groups is 1. The smallest absolute Gasteiger partial charge is 0.304 e. The van der Waals surface area contributed by atoms with E-state index >= 15 is 0 Å². The molecule has 8 nitrogen and oxygen atoms in total. The van der Waals surface area contributed by atoms with Crippen molar-refractivity contribution in [3.8, 4) is 17.2 Å². The molecular formula is C30H35NO7. The van der Waals surface area contributed by atoms with Gasteiger partial charge in [-0.25, -0.2) is 0 Å². The van der Waals surface area contributed by atoms with Crippen molar-refractivity contribution in [2.24, 2.45) is 0 Å². The Hall–Kier alpha value is -3.59. The van der Waals surface area contributed by atoms with E-state index in [4.69, 9.17) is 18.9 Å². The van der Waals surface area contributed by atoms with Crippen molar-refractivity contribution in [3.63, 3.8) is 0 Å². The first-order valence-electron chi connectivity index (χ1n) is 12.6. The highest BCUT2D eigenvalue weighted by Crippen LogP contribution is 2.42. The Morgan fingerprint density at radius 1 is 0.816 bits per heavy atom. The Kier molecular flexibility index (Phi) is 8.89. The van der Waals surface area contributed by atoms with Crippen molar-refractivity contribution in [1.82, 2.24) is 4.90 Å². The van der Waals surface area contributed by atoms with Crippen molar-refractivity contribution in [2.75, 3.05) is 41.0 Å². The predicted octanol–water partition coefficient (Wildman–Crippen LogP) is 3.93. The highest BCUT2D eigenvalue weighted by atomic mass is 16.5. The Morgan fingerprint density at radius 2 is 1.24 bits per heavy atom. The molecule has 1 aliphatic heterocycles. The van der Waals surface area contributed by atoms with Gasteiger partial charge in [0.15, 0.2) is 0 Å². The number of aliphatic hydroxyl groups excluding tert-OH is 1. The van der Waals surface area contributed by atoms with Crippen molar-refractivity contribution in [3.05, 3.63) is 89.5 Å². The second kappa shape index (κ2) is 12.3. The summed E-state index contributed by atoms with van der Waals surface area (Å²) in [4.78, 5) is 13.4. The summed E-state index contributed by atoms with van der Waals surface area (Å²) in [5, 5.41) is 19.5. The molecule has 38 heavy (non-hydrogen) atoms. The second-order valence-corrected chi connectivity index (χ2v) is 9.35. The molecule has 2 N–H and O–H groups in total. The lowest BCUT2D eigenvalue weighted by Gasteiger charge is -2.37. The zero-order valence-corrected chi connectivity index (χ0v) is 22.0. The summed E-state index contributed by atoms with van der Waals surface area (Å²) in [5.74, 6) is 1.32. The van der Waals surface area contributed by atoms with Gasteiger partial charge in [-0.3, -0.25) is 9.69 Å². The molecule has 0 radical (unpaired) electrons. The van der Waals surface area contributed by atoms with Crippen LogP contribution in [0.2, 0.25) is 0 Å². The lowest BCUT2D eigenvalue weighted by atomic mass is 9.80. The molecule has 1 fully saturated rings. The van der Waals surface area contributed by atoms with Crippen LogP contribution in [0.4, 0.5) is 0 Å². The molecule has 0 saturated carbocycles. The number of aliphatic carboxylic acids is 1.